The molecule has 6 nitrogen and oxygen atoms in total. The topological polar surface area (TPSA) is 73.2 Å². The Bertz CT molecular complexity index is 766. The van der Waals surface area contributed by atoms with Gasteiger partial charge < -0.3 is 14.6 Å². The second-order valence-electron chi connectivity index (χ2n) is 6.04. The predicted octanol–water partition coefficient (Wildman–Crippen LogP) is 2.57. The molecule has 0 spiro atoms. The summed E-state index contributed by atoms with van der Waals surface area (Å²) in [6.45, 7) is 8.08. The van der Waals surface area contributed by atoms with Crippen LogP contribution in [0, 0.1) is 13.8 Å². The maximum Gasteiger partial charge on any atom is 0.355 e. The normalized spacial score (nSPS) is 12.0. The first kappa shape index (κ1) is 18.9. The number of ether oxygens (including phenoxy) is 1. The van der Waals surface area contributed by atoms with Gasteiger partial charge in [-0.2, -0.15) is 0 Å². The molecule has 0 aromatic carbocycles. The number of hydrogen-bond donors (Lipinski definition) is 1. The number of nitrogens with one attached hydrogen (secondary N) is 1. The SMILES string of the molecule is CCOC(=O)c1c(C)c(C(=O)C(C)NCc2cccnc2)c(C)n1C. The average Bonchev–Trinajstić information content (AvgIpc) is 2.82. The molecule has 1 unspecified atom stereocenters. The first-order valence-corrected chi connectivity index (χ1v) is 8.37. The summed E-state index contributed by atoms with van der Waals surface area (Å²) in [6.07, 6.45) is 3.48. The van der Waals surface area contributed by atoms with Crippen LogP contribution in [0.1, 0.15) is 51.5 Å². The van der Waals surface area contributed by atoms with E-state index in [-0.39, 0.29) is 11.8 Å². The number of carbonyl (C=O) groups excluding carboxylic acids is 2. The van der Waals surface area contributed by atoms with Crippen LogP contribution >= 0.6 is 0 Å². The third-order valence-electron chi connectivity index (χ3n) is 4.37. The molecule has 0 bridgehead atoms. The summed E-state index contributed by atoms with van der Waals surface area (Å²) < 4.78 is 6.84. The van der Waals surface area contributed by atoms with Crippen molar-refractivity contribution in [3.8, 4) is 0 Å². The van der Waals surface area contributed by atoms with Crippen molar-refractivity contribution in [1.29, 1.82) is 0 Å². The number of rotatable bonds is 7. The Balaban J connectivity index is 2.21. The summed E-state index contributed by atoms with van der Waals surface area (Å²) in [7, 11) is 1.78. The molecule has 1 atom stereocenters. The Hall–Kier alpha value is -2.47. The summed E-state index contributed by atoms with van der Waals surface area (Å²) in [4.78, 5) is 29.2. The van der Waals surface area contributed by atoms with Gasteiger partial charge in [0.25, 0.3) is 0 Å². The molecule has 25 heavy (non-hydrogen) atoms. The van der Waals surface area contributed by atoms with Crippen LogP contribution in [0.3, 0.4) is 0 Å². The number of aromatic nitrogens is 2. The number of ketones is 1. The van der Waals surface area contributed by atoms with Gasteiger partial charge in [-0.3, -0.25) is 9.78 Å². The Kier molecular flexibility index (Phi) is 6.09. The van der Waals surface area contributed by atoms with Crippen molar-refractivity contribution in [3.63, 3.8) is 0 Å². The fraction of sp³-hybridized carbons (Fsp3) is 0.421. The molecular weight excluding hydrogens is 318 g/mol. The summed E-state index contributed by atoms with van der Waals surface area (Å²) >= 11 is 0. The van der Waals surface area contributed by atoms with Crippen molar-refractivity contribution in [3.05, 3.63) is 52.6 Å². The molecule has 0 saturated carbocycles. The number of hydrogen-bond acceptors (Lipinski definition) is 5. The van der Waals surface area contributed by atoms with Crippen molar-refractivity contribution in [2.24, 2.45) is 7.05 Å². The monoisotopic (exact) mass is 343 g/mol. The molecular formula is C19H25N3O3. The van der Waals surface area contributed by atoms with E-state index < -0.39 is 5.97 Å². The van der Waals surface area contributed by atoms with Crippen LogP contribution in [-0.4, -0.2) is 34.0 Å². The lowest BCUT2D eigenvalue weighted by atomic mass is 10.0. The second-order valence-corrected chi connectivity index (χ2v) is 6.04. The highest BCUT2D eigenvalue weighted by Gasteiger charge is 2.27. The molecule has 0 saturated heterocycles. The standard InChI is InChI=1S/C19H25N3O3/c1-6-25-19(24)17-12(2)16(14(4)22(17)5)18(23)13(3)21-11-15-8-7-9-20-10-15/h7-10,13,21H,6,11H2,1-5H3. The number of carbonyl (C=O) groups is 2. The minimum Gasteiger partial charge on any atom is -0.461 e. The van der Waals surface area contributed by atoms with Gasteiger partial charge in [-0.1, -0.05) is 6.07 Å². The van der Waals surface area contributed by atoms with Crippen LogP contribution in [0.5, 0.6) is 0 Å². The van der Waals surface area contributed by atoms with E-state index in [0.717, 1.165) is 11.3 Å². The maximum atomic E-state index is 12.9. The molecule has 2 rings (SSSR count). The zero-order valence-electron chi connectivity index (χ0n) is 15.4. The number of nitrogens with zero attached hydrogens (tertiary/aromatic N) is 2. The lowest BCUT2D eigenvalue weighted by Crippen LogP contribution is -2.34. The van der Waals surface area contributed by atoms with Crippen LogP contribution in [0.25, 0.3) is 0 Å². The maximum absolute atomic E-state index is 12.9. The van der Waals surface area contributed by atoms with Crippen molar-refractivity contribution >= 4 is 11.8 Å². The largest absolute Gasteiger partial charge is 0.461 e. The highest BCUT2D eigenvalue weighted by Crippen LogP contribution is 2.23. The van der Waals surface area contributed by atoms with E-state index in [9.17, 15) is 9.59 Å². The number of pyridine rings is 1. The van der Waals surface area contributed by atoms with Gasteiger partial charge in [-0.25, -0.2) is 4.79 Å². The van der Waals surface area contributed by atoms with Gasteiger partial charge in [0.1, 0.15) is 5.69 Å². The molecule has 6 heteroatoms. The van der Waals surface area contributed by atoms with E-state index in [4.69, 9.17) is 4.74 Å². The Morgan fingerprint density at radius 2 is 2.08 bits per heavy atom. The third-order valence-corrected chi connectivity index (χ3v) is 4.37. The summed E-state index contributed by atoms with van der Waals surface area (Å²) in [5.41, 5.74) is 3.45. The van der Waals surface area contributed by atoms with E-state index in [1.165, 1.54) is 0 Å². The molecule has 1 N–H and O–H groups in total. The fourth-order valence-corrected chi connectivity index (χ4v) is 2.91. The quantitative estimate of drug-likeness (QED) is 0.618. The van der Waals surface area contributed by atoms with Crippen molar-refractivity contribution < 1.29 is 14.3 Å². The predicted molar refractivity (Wildman–Crippen MR) is 95.7 cm³/mol. The van der Waals surface area contributed by atoms with Crippen LogP contribution in [-0.2, 0) is 18.3 Å². The number of esters is 1. The van der Waals surface area contributed by atoms with Crippen molar-refractivity contribution in [2.75, 3.05) is 6.61 Å². The van der Waals surface area contributed by atoms with Gasteiger partial charge in [-0.05, 0) is 44.9 Å². The highest BCUT2D eigenvalue weighted by atomic mass is 16.5. The Labute approximate surface area is 148 Å². The van der Waals surface area contributed by atoms with Crippen molar-refractivity contribution in [1.82, 2.24) is 14.9 Å². The third kappa shape index (κ3) is 3.96. The fourth-order valence-electron chi connectivity index (χ4n) is 2.91. The minimum atomic E-state index is -0.402. The van der Waals surface area contributed by atoms with Gasteiger partial charge in [-0.15, -0.1) is 0 Å². The van der Waals surface area contributed by atoms with E-state index in [0.29, 0.717) is 30.0 Å². The molecule has 2 aromatic rings. The zero-order chi connectivity index (χ0) is 18.6. The highest BCUT2D eigenvalue weighted by molar-refractivity contribution is 6.05. The molecule has 2 heterocycles. The van der Waals surface area contributed by atoms with Gasteiger partial charge in [0, 0.05) is 37.2 Å². The molecule has 0 aliphatic carbocycles. The van der Waals surface area contributed by atoms with E-state index in [2.05, 4.69) is 10.3 Å². The second kappa shape index (κ2) is 8.07. The smallest absolute Gasteiger partial charge is 0.355 e. The van der Waals surface area contributed by atoms with Gasteiger partial charge in [0.15, 0.2) is 5.78 Å². The summed E-state index contributed by atoms with van der Waals surface area (Å²) in [5.74, 6) is -0.439. The lowest BCUT2D eigenvalue weighted by Gasteiger charge is -2.13. The Morgan fingerprint density at radius 1 is 1.36 bits per heavy atom. The first-order chi connectivity index (χ1) is 11.9. The molecule has 0 amide bonds. The van der Waals surface area contributed by atoms with E-state index in [1.54, 1.807) is 37.9 Å². The first-order valence-electron chi connectivity index (χ1n) is 8.37. The van der Waals surface area contributed by atoms with E-state index >= 15 is 0 Å². The van der Waals surface area contributed by atoms with Crippen LogP contribution in [0.15, 0.2) is 24.5 Å². The summed E-state index contributed by atoms with van der Waals surface area (Å²) in [5, 5.41) is 3.22. The molecule has 2 aromatic heterocycles. The lowest BCUT2D eigenvalue weighted by molar-refractivity contribution is 0.0514. The average molecular weight is 343 g/mol. The molecule has 0 radical (unpaired) electrons. The number of Topliss-reactive ketones (excluding diaryl/α,β-unsaturated/α-hetero) is 1. The van der Waals surface area contributed by atoms with Crippen molar-refractivity contribution in [2.45, 2.75) is 40.3 Å². The van der Waals surface area contributed by atoms with Gasteiger partial charge in [0.2, 0.25) is 0 Å². The molecule has 0 fully saturated rings. The Morgan fingerprint density at radius 3 is 2.68 bits per heavy atom. The molecule has 134 valence electrons. The molecule has 0 aliphatic heterocycles. The van der Waals surface area contributed by atoms with Crippen LogP contribution in [0.2, 0.25) is 0 Å². The van der Waals surface area contributed by atoms with Gasteiger partial charge in [0.05, 0.1) is 12.6 Å². The van der Waals surface area contributed by atoms with Gasteiger partial charge >= 0.3 is 5.97 Å². The summed E-state index contributed by atoms with van der Waals surface area (Å²) in [6, 6.07) is 3.44. The van der Waals surface area contributed by atoms with E-state index in [1.807, 2.05) is 26.0 Å². The zero-order valence-corrected chi connectivity index (χ0v) is 15.4. The molecule has 0 aliphatic rings. The minimum absolute atomic E-state index is 0.0370. The van der Waals surface area contributed by atoms with Crippen LogP contribution in [0.4, 0.5) is 0 Å². The van der Waals surface area contributed by atoms with Crippen LogP contribution < -0.4 is 5.32 Å².